The van der Waals surface area contributed by atoms with Crippen molar-refractivity contribution in [2.45, 2.75) is 31.8 Å². The zero-order chi connectivity index (χ0) is 18.5. The molecular weight excluding hydrogens is 373 g/mol. The molecule has 1 saturated heterocycles. The van der Waals surface area contributed by atoms with Crippen molar-refractivity contribution in [2.75, 3.05) is 37.6 Å². The predicted molar refractivity (Wildman–Crippen MR) is 106 cm³/mol. The van der Waals surface area contributed by atoms with Gasteiger partial charge < -0.3 is 15.4 Å². The van der Waals surface area contributed by atoms with Gasteiger partial charge in [0.05, 0.1) is 15.7 Å². The van der Waals surface area contributed by atoms with Crippen molar-refractivity contribution in [1.82, 2.24) is 4.90 Å². The summed E-state index contributed by atoms with van der Waals surface area (Å²) in [5, 5.41) is 1.25. The molecule has 26 heavy (non-hydrogen) atoms. The van der Waals surface area contributed by atoms with Crippen molar-refractivity contribution < 1.29 is 9.53 Å². The van der Waals surface area contributed by atoms with Gasteiger partial charge in [-0.05, 0) is 31.4 Å². The summed E-state index contributed by atoms with van der Waals surface area (Å²) in [7, 11) is 0. The molecule has 0 bridgehead atoms. The molecule has 3 rings (SSSR count). The van der Waals surface area contributed by atoms with Gasteiger partial charge in [0.25, 0.3) is 0 Å². The molecule has 1 amide bonds. The minimum atomic E-state index is -0.676. The van der Waals surface area contributed by atoms with Crippen molar-refractivity contribution in [3.05, 3.63) is 39.9 Å². The molecule has 5 nitrogen and oxygen atoms in total. The van der Waals surface area contributed by atoms with Crippen LogP contribution in [0.5, 0.6) is 0 Å². The van der Waals surface area contributed by atoms with E-state index in [-0.39, 0.29) is 6.10 Å². The fourth-order valence-electron chi connectivity index (χ4n) is 3.61. The van der Waals surface area contributed by atoms with E-state index in [1.807, 2.05) is 18.2 Å². The van der Waals surface area contributed by atoms with Crippen molar-refractivity contribution in [3.63, 3.8) is 0 Å². The normalized spacial score (nSPS) is 21.4. The van der Waals surface area contributed by atoms with E-state index in [9.17, 15) is 4.79 Å². The van der Waals surface area contributed by atoms with Crippen molar-refractivity contribution >= 4 is 35.0 Å². The van der Waals surface area contributed by atoms with Crippen LogP contribution in [0.1, 0.15) is 25.7 Å². The molecule has 0 radical (unpaired) electrons. The highest BCUT2D eigenvalue weighted by molar-refractivity contribution is 6.43. The lowest BCUT2D eigenvalue weighted by Crippen LogP contribution is -2.46. The van der Waals surface area contributed by atoms with E-state index in [0.717, 1.165) is 64.1 Å². The maximum absolute atomic E-state index is 10.8. The lowest BCUT2D eigenvalue weighted by molar-refractivity contribution is 0.0995. The van der Waals surface area contributed by atoms with Crippen LogP contribution in [-0.2, 0) is 4.74 Å². The monoisotopic (exact) mass is 397 g/mol. The first-order valence-electron chi connectivity index (χ1n) is 9.08. The van der Waals surface area contributed by atoms with Crippen LogP contribution in [0.2, 0.25) is 10.0 Å². The summed E-state index contributed by atoms with van der Waals surface area (Å²) in [4.78, 5) is 15.6. The van der Waals surface area contributed by atoms with Crippen LogP contribution >= 0.6 is 23.2 Å². The number of amides is 1. The van der Waals surface area contributed by atoms with Crippen LogP contribution in [0.25, 0.3) is 0 Å². The second-order valence-electron chi connectivity index (χ2n) is 6.85. The van der Waals surface area contributed by atoms with E-state index in [2.05, 4.69) is 15.9 Å². The third-order valence-electron chi connectivity index (χ3n) is 5.13. The van der Waals surface area contributed by atoms with Gasteiger partial charge >= 0.3 is 6.09 Å². The Morgan fingerprint density at radius 3 is 2.65 bits per heavy atom. The maximum atomic E-state index is 10.8. The Hall–Kier alpha value is -1.43. The molecule has 1 atom stereocenters. The minimum absolute atomic E-state index is 0.0535. The van der Waals surface area contributed by atoms with Gasteiger partial charge in [-0.3, -0.25) is 4.90 Å². The third kappa shape index (κ3) is 5.06. The molecule has 2 N–H and O–H groups in total. The van der Waals surface area contributed by atoms with Crippen LogP contribution in [0.15, 0.2) is 29.8 Å². The zero-order valence-corrected chi connectivity index (χ0v) is 16.3. The van der Waals surface area contributed by atoms with Crippen LogP contribution in [0.4, 0.5) is 10.5 Å². The van der Waals surface area contributed by atoms with Gasteiger partial charge in [0.1, 0.15) is 6.10 Å². The van der Waals surface area contributed by atoms with E-state index >= 15 is 0 Å². The van der Waals surface area contributed by atoms with E-state index in [4.69, 9.17) is 33.7 Å². The summed E-state index contributed by atoms with van der Waals surface area (Å²) < 4.78 is 5.06. The van der Waals surface area contributed by atoms with Gasteiger partial charge in [0.2, 0.25) is 0 Å². The average molecular weight is 398 g/mol. The molecule has 1 fully saturated rings. The molecule has 2 aliphatic rings. The fraction of sp³-hybridized carbons (Fsp3) is 0.526. The number of carbonyl (C=O) groups excluding carboxylic acids is 1. The molecule has 0 spiro atoms. The summed E-state index contributed by atoms with van der Waals surface area (Å²) in [5.74, 6) is 0. The first kappa shape index (κ1) is 19.3. The number of benzene rings is 1. The molecule has 1 aromatic carbocycles. The number of carbonyl (C=O) groups is 1. The topological polar surface area (TPSA) is 58.8 Å². The molecule has 0 saturated carbocycles. The first-order chi connectivity index (χ1) is 12.5. The predicted octanol–water partition coefficient (Wildman–Crippen LogP) is 4.08. The highest BCUT2D eigenvalue weighted by Gasteiger charge is 2.21. The van der Waals surface area contributed by atoms with Gasteiger partial charge in [0.15, 0.2) is 0 Å². The van der Waals surface area contributed by atoms with Gasteiger partial charge in [-0.2, -0.15) is 0 Å². The summed E-state index contributed by atoms with van der Waals surface area (Å²) in [6.45, 7) is 5.00. The Morgan fingerprint density at radius 1 is 1.23 bits per heavy atom. The van der Waals surface area contributed by atoms with Crippen LogP contribution in [0, 0.1) is 0 Å². The fourth-order valence-corrected chi connectivity index (χ4v) is 4.03. The van der Waals surface area contributed by atoms with Crippen molar-refractivity contribution in [3.8, 4) is 0 Å². The average Bonchev–Trinajstić information content (AvgIpc) is 2.63. The molecule has 1 heterocycles. The van der Waals surface area contributed by atoms with Crippen LogP contribution < -0.4 is 10.6 Å². The Bertz CT molecular complexity index is 673. The molecule has 1 unspecified atom stereocenters. The zero-order valence-electron chi connectivity index (χ0n) is 14.8. The Morgan fingerprint density at radius 2 is 2.00 bits per heavy atom. The quantitative estimate of drug-likeness (QED) is 0.760. The van der Waals surface area contributed by atoms with Crippen LogP contribution in [-0.4, -0.2) is 49.8 Å². The number of nitrogens with two attached hydrogens (primary N) is 1. The lowest BCUT2D eigenvalue weighted by Gasteiger charge is -2.37. The number of rotatable bonds is 5. The van der Waals surface area contributed by atoms with E-state index in [1.54, 1.807) is 0 Å². The second-order valence-corrected chi connectivity index (χ2v) is 7.63. The number of hydrogen-bond acceptors (Lipinski definition) is 4. The number of anilines is 1. The third-order valence-corrected chi connectivity index (χ3v) is 5.94. The summed E-state index contributed by atoms with van der Waals surface area (Å²) in [6.07, 6.45) is 5.18. The number of piperazine rings is 1. The Balaban J connectivity index is 1.43. The SMILES string of the molecule is NC(=O)OC1CC=C(CCN2CCN(c3cccc(Cl)c3Cl)CC2)CC1. The van der Waals surface area contributed by atoms with Gasteiger partial charge in [-0.1, -0.05) is 40.9 Å². The summed E-state index contributed by atoms with van der Waals surface area (Å²) in [6, 6.07) is 5.79. The minimum Gasteiger partial charge on any atom is -0.446 e. The maximum Gasteiger partial charge on any atom is 0.404 e. The van der Waals surface area contributed by atoms with E-state index in [1.165, 1.54) is 5.57 Å². The molecule has 1 aliphatic carbocycles. The molecular formula is C19H25Cl2N3O2. The van der Waals surface area contributed by atoms with Crippen LogP contribution in [0.3, 0.4) is 0 Å². The summed E-state index contributed by atoms with van der Waals surface area (Å²) >= 11 is 12.5. The molecule has 1 aromatic rings. The summed E-state index contributed by atoms with van der Waals surface area (Å²) in [5.41, 5.74) is 7.55. The Kier molecular flexibility index (Phi) is 6.68. The molecule has 7 heteroatoms. The van der Waals surface area contributed by atoms with Gasteiger partial charge in [-0.25, -0.2) is 4.79 Å². The van der Waals surface area contributed by atoms with E-state index < -0.39 is 6.09 Å². The molecule has 142 valence electrons. The number of halogens is 2. The number of primary amides is 1. The number of ether oxygens (including phenoxy) is 1. The van der Waals surface area contributed by atoms with Crippen molar-refractivity contribution in [2.24, 2.45) is 5.73 Å². The second kappa shape index (κ2) is 8.98. The lowest BCUT2D eigenvalue weighted by atomic mass is 9.95. The highest BCUT2D eigenvalue weighted by atomic mass is 35.5. The van der Waals surface area contributed by atoms with E-state index in [0.29, 0.717) is 10.0 Å². The number of hydrogen-bond donors (Lipinski definition) is 1. The smallest absolute Gasteiger partial charge is 0.404 e. The first-order valence-corrected chi connectivity index (χ1v) is 9.84. The number of nitrogens with zero attached hydrogens (tertiary/aromatic N) is 2. The largest absolute Gasteiger partial charge is 0.446 e. The standard InChI is InChI=1S/C19H25Cl2N3O2/c20-16-2-1-3-17(18(16)21)24-12-10-23(11-13-24)9-8-14-4-6-15(7-5-14)26-19(22)25/h1-4,15H,5-13H2,(H2,22,25). The van der Waals surface area contributed by atoms with Gasteiger partial charge in [-0.15, -0.1) is 0 Å². The van der Waals surface area contributed by atoms with Gasteiger partial charge in [0, 0.05) is 39.1 Å². The Labute approximate surface area is 164 Å². The molecule has 1 aliphatic heterocycles. The highest BCUT2D eigenvalue weighted by Crippen LogP contribution is 2.33. The van der Waals surface area contributed by atoms with Crippen molar-refractivity contribution in [1.29, 1.82) is 0 Å². The molecule has 0 aromatic heterocycles.